The molecule has 0 aliphatic heterocycles. The van der Waals surface area contributed by atoms with Gasteiger partial charge in [-0.15, -0.1) is 4.98 Å². The lowest BCUT2D eigenvalue weighted by molar-refractivity contribution is 0.218. The fraction of sp³-hybridized carbons (Fsp3) is 0.250. The van der Waals surface area contributed by atoms with Crippen LogP contribution in [0.15, 0.2) is 18.2 Å². The fourth-order valence-electron chi connectivity index (χ4n) is 1.32. The van der Waals surface area contributed by atoms with Crippen molar-refractivity contribution in [3.05, 3.63) is 29.8 Å². The Morgan fingerprint density at radius 2 is 1.80 bits per heavy atom. The Balaban J connectivity index is 2.26. The average Bonchev–Trinajstić information content (AvgIpc) is 2.31. The third-order valence-electron chi connectivity index (χ3n) is 2.05. The Hall–Kier alpha value is -2.51. The monoisotopic (exact) mass is 282 g/mol. The van der Waals surface area contributed by atoms with Gasteiger partial charge in [-0.05, 0) is 26.0 Å². The van der Waals surface area contributed by atoms with Crippen molar-refractivity contribution in [2.45, 2.75) is 20.0 Å². The van der Waals surface area contributed by atoms with Gasteiger partial charge in [-0.1, -0.05) is 0 Å². The summed E-state index contributed by atoms with van der Waals surface area (Å²) in [6.45, 7) is 3.56. The minimum atomic E-state index is -0.879. The Morgan fingerprint density at radius 3 is 2.45 bits per heavy atom. The molecule has 1 aromatic carbocycles. The summed E-state index contributed by atoms with van der Waals surface area (Å²) < 4.78 is 36.6. The van der Waals surface area contributed by atoms with E-state index in [9.17, 15) is 8.78 Å². The summed E-state index contributed by atoms with van der Waals surface area (Å²) in [5.74, 6) is -1.95. The first kappa shape index (κ1) is 13.9. The van der Waals surface area contributed by atoms with Crippen molar-refractivity contribution in [3.63, 3.8) is 0 Å². The second-order valence-corrected chi connectivity index (χ2v) is 4.10. The predicted octanol–water partition coefficient (Wildman–Crippen LogP) is 2.31. The summed E-state index contributed by atoms with van der Waals surface area (Å²) >= 11 is 0. The largest absolute Gasteiger partial charge is 0.461 e. The molecule has 0 bridgehead atoms. The summed E-state index contributed by atoms with van der Waals surface area (Å²) in [6, 6.07) is 2.58. The molecule has 0 aliphatic rings. The number of nitrogens with zero attached hydrogens (tertiary/aromatic N) is 3. The lowest BCUT2D eigenvalue weighted by atomic mass is 10.3. The topological polar surface area (TPSA) is 83.2 Å². The van der Waals surface area contributed by atoms with Crippen molar-refractivity contribution in [1.29, 1.82) is 0 Å². The van der Waals surface area contributed by atoms with Crippen LogP contribution in [0.1, 0.15) is 13.8 Å². The standard InChI is InChI=1S/C12H12F2N4O2/c1-6(2)19-11-16-10(15)17-12(18-11)20-9-4-3-7(13)5-8(9)14/h3-6H,1-2H3,(H2,15,16,17,18). The molecule has 20 heavy (non-hydrogen) atoms. The van der Waals surface area contributed by atoms with E-state index in [2.05, 4.69) is 15.0 Å². The van der Waals surface area contributed by atoms with E-state index in [4.69, 9.17) is 15.2 Å². The minimum Gasteiger partial charge on any atom is -0.461 e. The molecule has 8 heteroatoms. The average molecular weight is 282 g/mol. The lowest BCUT2D eigenvalue weighted by Crippen LogP contribution is -2.11. The van der Waals surface area contributed by atoms with Gasteiger partial charge >= 0.3 is 12.0 Å². The van der Waals surface area contributed by atoms with Crippen LogP contribution in [-0.4, -0.2) is 21.1 Å². The van der Waals surface area contributed by atoms with E-state index in [1.54, 1.807) is 13.8 Å². The Bertz CT molecular complexity index is 622. The number of rotatable bonds is 4. The zero-order chi connectivity index (χ0) is 14.7. The summed E-state index contributed by atoms with van der Waals surface area (Å²) in [4.78, 5) is 11.3. The summed E-state index contributed by atoms with van der Waals surface area (Å²) in [5.41, 5.74) is 5.47. The van der Waals surface area contributed by atoms with E-state index < -0.39 is 11.6 Å². The third kappa shape index (κ3) is 3.50. The fourth-order valence-corrected chi connectivity index (χ4v) is 1.32. The van der Waals surface area contributed by atoms with Crippen LogP contribution in [0.4, 0.5) is 14.7 Å². The van der Waals surface area contributed by atoms with E-state index in [1.165, 1.54) is 0 Å². The van der Waals surface area contributed by atoms with Gasteiger partial charge in [0.1, 0.15) is 5.82 Å². The van der Waals surface area contributed by atoms with Crippen molar-refractivity contribution in [3.8, 4) is 17.8 Å². The molecule has 0 atom stereocenters. The molecule has 1 aromatic heterocycles. The van der Waals surface area contributed by atoms with Gasteiger partial charge in [-0.2, -0.15) is 9.97 Å². The van der Waals surface area contributed by atoms with E-state index in [1.807, 2.05) is 0 Å². The van der Waals surface area contributed by atoms with Crippen LogP contribution >= 0.6 is 0 Å². The van der Waals surface area contributed by atoms with Gasteiger partial charge in [0.25, 0.3) is 0 Å². The van der Waals surface area contributed by atoms with Crippen molar-refractivity contribution in [2.75, 3.05) is 5.73 Å². The number of benzene rings is 1. The quantitative estimate of drug-likeness (QED) is 0.926. The summed E-state index contributed by atoms with van der Waals surface area (Å²) in [7, 11) is 0. The maximum atomic E-state index is 13.4. The summed E-state index contributed by atoms with van der Waals surface area (Å²) in [6.07, 6.45) is -0.174. The molecule has 0 fully saturated rings. The maximum absolute atomic E-state index is 13.4. The molecule has 0 saturated carbocycles. The van der Waals surface area contributed by atoms with Gasteiger partial charge in [0.15, 0.2) is 11.6 Å². The van der Waals surface area contributed by atoms with E-state index >= 15 is 0 Å². The molecule has 0 amide bonds. The maximum Gasteiger partial charge on any atom is 0.330 e. The number of anilines is 1. The Labute approximate surface area is 113 Å². The van der Waals surface area contributed by atoms with E-state index in [0.29, 0.717) is 6.07 Å². The number of ether oxygens (including phenoxy) is 2. The molecule has 0 saturated heterocycles. The SMILES string of the molecule is CC(C)Oc1nc(N)nc(Oc2ccc(F)cc2F)n1. The molecule has 106 valence electrons. The molecule has 2 aromatic rings. The zero-order valence-electron chi connectivity index (χ0n) is 10.8. The van der Waals surface area contributed by atoms with Crippen LogP contribution in [-0.2, 0) is 0 Å². The summed E-state index contributed by atoms with van der Waals surface area (Å²) in [5, 5.41) is 0. The highest BCUT2D eigenvalue weighted by atomic mass is 19.1. The van der Waals surface area contributed by atoms with Crippen LogP contribution < -0.4 is 15.2 Å². The first-order chi connectivity index (χ1) is 9.44. The Kier molecular flexibility index (Phi) is 3.92. The number of hydrogen-bond acceptors (Lipinski definition) is 6. The van der Waals surface area contributed by atoms with Gasteiger partial charge < -0.3 is 15.2 Å². The molecular weight excluding hydrogens is 270 g/mol. The van der Waals surface area contributed by atoms with Crippen molar-refractivity contribution >= 4 is 5.95 Å². The third-order valence-corrected chi connectivity index (χ3v) is 2.05. The van der Waals surface area contributed by atoms with Gasteiger partial charge in [0.05, 0.1) is 6.10 Å². The second-order valence-electron chi connectivity index (χ2n) is 4.10. The van der Waals surface area contributed by atoms with E-state index in [-0.39, 0.29) is 29.8 Å². The number of nitrogen functional groups attached to an aromatic ring is 1. The minimum absolute atomic E-state index is 0.0370. The van der Waals surface area contributed by atoms with Gasteiger partial charge in [-0.25, -0.2) is 8.78 Å². The van der Waals surface area contributed by atoms with E-state index in [0.717, 1.165) is 12.1 Å². The molecule has 1 heterocycles. The van der Waals surface area contributed by atoms with Gasteiger partial charge in [0.2, 0.25) is 5.95 Å². The molecule has 2 N–H and O–H groups in total. The molecule has 0 radical (unpaired) electrons. The number of nitrogens with two attached hydrogens (primary N) is 1. The van der Waals surface area contributed by atoms with Gasteiger partial charge in [0, 0.05) is 6.07 Å². The zero-order valence-corrected chi connectivity index (χ0v) is 10.8. The normalized spacial score (nSPS) is 10.7. The molecule has 6 nitrogen and oxygen atoms in total. The Morgan fingerprint density at radius 1 is 1.10 bits per heavy atom. The molecule has 2 rings (SSSR count). The highest BCUT2D eigenvalue weighted by Crippen LogP contribution is 2.23. The first-order valence-electron chi connectivity index (χ1n) is 5.75. The number of halogens is 2. The molecular formula is C12H12F2N4O2. The molecule has 0 unspecified atom stereocenters. The van der Waals surface area contributed by atoms with Crippen LogP contribution in [0.2, 0.25) is 0 Å². The predicted molar refractivity (Wildman–Crippen MR) is 66.4 cm³/mol. The molecule has 0 aliphatic carbocycles. The van der Waals surface area contributed by atoms with Crippen LogP contribution in [0.3, 0.4) is 0 Å². The highest BCUT2D eigenvalue weighted by molar-refractivity contribution is 5.29. The lowest BCUT2D eigenvalue weighted by Gasteiger charge is -2.09. The number of aromatic nitrogens is 3. The smallest absolute Gasteiger partial charge is 0.330 e. The van der Waals surface area contributed by atoms with Crippen LogP contribution in [0.5, 0.6) is 17.8 Å². The molecule has 0 spiro atoms. The number of hydrogen-bond donors (Lipinski definition) is 1. The van der Waals surface area contributed by atoms with Crippen LogP contribution in [0.25, 0.3) is 0 Å². The van der Waals surface area contributed by atoms with Crippen molar-refractivity contribution in [2.24, 2.45) is 0 Å². The second kappa shape index (κ2) is 5.64. The first-order valence-corrected chi connectivity index (χ1v) is 5.75. The highest BCUT2D eigenvalue weighted by Gasteiger charge is 2.12. The van der Waals surface area contributed by atoms with Gasteiger partial charge in [-0.3, -0.25) is 0 Å². The van der Waals surface area contributed by atoms with Crippen LogP contribution in [0, 0.1) is 11.6 Å². The van der Waals surface area contributed by atoms with Crippen molar-refractivity contribution < 1.29 is 18.3 Å². The van der Waals surface area contributed by atoms with Crippen molar-refractivity contribution in [1.82, 2.24) is 15.0 Å².